The number of urea groups is 1. The Morgan fingerprint density at radius 1 is 1.69 bits per heavy atom. The highest BCUT2D eigenvalue weighted by Gasteiger charge is 2.46. The summed E-state index contributed by atoms with van der Waals surface area (Å²) in [6.07, 6.45) is 1.95. The summed E-state index contributed by atoms with van der Waals surface area (Å²) in [5.41, 5.74) is 5.43. The molecular weight excluding hydrogens is 168 g/mol. The average Bonchev–Trinajstić information content (AvgIpc) is 2.34. The molecule has 0 aromatic carbocycles. The molecule has 2 amide bonds. The molecule has 0 aromatic heterocycles. The summed E-state index contributed by atoms with van der Waals surface area (Å²) in [7, 11) is 1.76. The standard InChI is InChI=1S/C8H14N4O/c1-12-7(13)11-6(9)8(12)3-2-4-10-5-8/h10H,2-5H2,1H3,(H2,9,11,13). The van der Waals surface area contributed by atoms with Gasteiger partial charge in [0.15, 0.2) is 0 Å². The van der Waals surface area contributed by atoms with Gasteiger partial charge in [-0.05, 0) is 19.4 Å². The molecule has 2 rings (SSSR count). The number of likely N-dealkylation sites (N-methyl/N-ethyl adjacent to an activating group) is 1. The summed E-state index contributed by atoms with van der Waals surface area (Å²) in [5.74, 6) is 0.465. The van der Waals surface area contributed by atoms with Crippen molar-refractivity contribution < 1.29 is 4.79 Å². The second kappa shape index (κ2) is 2.70. The van der Waals surface area contributed by atoms with E-state index in [2.05, 4.69) is 10.3 Å². The summed E-state index contributed by atoms with van der Waals surface area (Å²) in [4.78, 5) is 16.7. The van der Waals surface area contributed by atoms with Crippen molar-refractivity contribution in [2.45, 2.75) is 18.4 Å². The Morgan fingerprint density at radius 3 is 2.92 bits per heavy atom. The first-order valence-electron chi connectivity index (χ1n) is 4.50. The van der Waals surface area contributed by atoms with E-state index in [-0.39, 0.29) is 11.6 Å². The Hall–Kier alpha value is -1.10. The highest BCUT2D eigenvalue weighted by Crippen LogP contribution is 2.28. The summed E-state index contributed by atoms with van der Waals surface area (Å²) < 4.78 is 0. The van der Waals surface area contributed by atoms with Crippen LogP contribution in [0.25, 0.3) is 0 Å². The number of nitrogens with two attached hydrogens (primary N) is 1. The van der Waals surface area contributed by atoms with Gasteiger partial charge < -0.3 is 16.0 Å². The van der Waals surface area contributed by atoms with Crippen molar-refractivity contribution in [1.29, 1.82) is 0 Å². The molecular formula is C8H14N4O. The number of rotatable bonds is 0. The number of nitrogens with zero attached hydrogens (tertiary/aromatic N) is 2. The summed E-state index contributed by atoms with van der Waals surface area (Å²) in [5, 5.41) is 3.24. The molecule has 5 heteroatoms. The Labute approximate surface area is 77.0 Å². The zero-order chi connectivity index (χ0) is 9.47. The summed E-state index contributed by atoms with van der Waals surface area (Å²) in [6.45, 7) is 1.72. The van der Waals surface area contributed by atoms with Gasteiger partial charge in [-0.1, -0.05) is 0 Å². The highest BCUT2D eigenvalue weighted by molar-refractivity contribution is 6.05. The van der Waals surface area contributed by atoms with Crippen LogP contribution in [0.2, 0.25) is 0 Å². The average molecular weight is 182 g/mol. The molecule has 1 atom stereocenters. The maximum absolute atomic E-state index is 11.3. The fraction of sp³-hybridized carbons (Fsp3) is 0.750. The molecule has 13 heavy (non-hydrogen) atoms. The van der Waals surface area contributed by atoms with Crippen LogP contribution in [0.3, 0.4) is 0 Å². The number of aliphatic imine (C=N–C) groups is 1. The van der Waals surface area contributed by atoms with Crippen molar-refractivity contribution in [3.63, 3.8) is 0 Å². The number of hydrogen-bond acceptors (Lipinski definition) is 3. The van der Waals surface area contributed by atoms with E-state index in [1.54, 1.807) is 11.9 Å². The fourth-order valence-corrected chi connectivity index (χ4v) is 2.03. The van der Waals surface area contributed by atoms with Crippen LogP contribution in [0.4, 0.5) is 4.79 Å². The van der Waals surface area contributed by atoms with E-state index in [0.29, 0.717) is 5.84 Å². The smallest absolute Gasteiger partial charge is 0.345 e. The number of amidine groups is 1. The Balaban J connectivity index is 2.30. The van der Waals surface area contributed by atoms with Crippen molar-refractivity contribution in [2.75, 3.05) is 20.1 Å². The first kappa shape index (κ1) is 8.50. The van der Waals surface area contributed by atoms with Gasteiger partial charge >= 0.3 is 6.03 Å². The van der Waals surface area contributed by atoms with Gasteiger partial charge in [0.2, 0.25) is 0 Å². The molecule has 5 nitrogen and oxygen atoms in total. The zero-order valence-electron chi connectivity index (χ0n) is 7.71. The largest absolute Gasteiger partial charge is 0.385 e. The Kier molecular flexibility index (Phi) is 1.76. The monoisotopic (exact) mass is 182 g/mol. The molecule has 2 aliphatic heterocycles. The van der Waals surface area contributed by atoms with Crippen molar-refractivity contribution in [1.82, 2.24) is 10.2 Å². The van der Waals surface area contributed by atoms with Gasteiger partial charge in [0.1, 0.15) is 11.4 Å². The molecule has 3 N–H and O–H groups in total. The maximum atomic E-state index is 11.3. The molecule has 0 aromatic rings. The van der Waals surface area contributed by atoms with E-state index in [1.165, 1.54) is 0 Å². The minimum Gasteiger partial charge on any atom is -0.385 e. The molecule has 72 valence electrons. The Bertz CT molecular complexity index is 267. The van der Waals surface area contributed by atoms with Crippen LogP contribution in [0.15, 0.2) is 4.99 Å². The molecule has 0 aliphatic carbocycles. The molecule has 0 radical (unpaired) electrons. The molecule has 2 heterocycles. The fourth-order valence-electron chi connectivity index (χ4n) is 2.03. The van der Waals surface area contributed by atoms with E-state index in [0.717, 1.165) is 25.9 Å². The van der Waals surface area contributed by atoms with Crippen molar-refractivity contribution in [3.05, 3.63) is 0 Å². The maximum Gasteiger partial charge on any atom is 0.345 e. The number of nitrogens with one attached hydrogen (secondary N) is 1. The summed E-state index contributed by atoms with van der Waals surface area (Å²) >= 11 is 0. The van der Waals surface area contributed by atoms with Crippen LogP contribution in [-0.2, 0) is 0 Å². The number of amides is 2. The lowest BCUT2D eigenvalue weighted by atomic mass is 9.88. The van der Waals surface area contributed by atoms with E-state index in [9.17, 15) is 4.79 Å². The van der Waals surface area contributed by atoms with Crippen molar-refractivity contribution in [2.24, 2.45) is 10.7 Å². The van der Waals surface area contributed by atoms with Gasteiger partial charge in [-0.25, -0.2) is 4.79 Å². The minimum atomic E-state index is -0.338. The van der Waals surface area contributed by atoms with E-state index < -0.39 is 0 Å². The predicted molar refractivity (Wildman–Crippen MR) is 49.6 cm³/mol. The van der Waals surface area contributed by atoms with Crippen molar-refractivity contribution >= 4 is 11.9 Å². The lowest BCUT2D eigenvalue weighted by Crippen LogP contribution is -2.60. The zero-order valence-corrected chi connectivity index (χ0v) is 7.71. The van der Waals surface area contributed by atoms with Gasteiger partial charge in [0.05, 0.1) is 0 Å². The third-order valence-electron chi connectivity index (χ3n) is 2.98. The second-order valence-electron chi connectivity index (χ2n) is 3.65. The topological polar surface area (TPSA) is 70.7 Å². The lowest BCUT2D eigenvalue weighted by molar-refractivity contribution is 0.172. The van der Waals surface area contributed by atoms with Crippen LogP contribution in [0, 0.1) is 0 Å². The van der Waals surface area contributed by atoms with Crippen LogP contribution in [0.5, 0.6) is 0 Å². The quantitative estimate of drug-likeness (QED) is 0.532. The van der Waals surface area contributed by atoms with Gasteiger partial charge in [-0.15, -0.1) is 0 Å². The number of piperidine rings is 1. The number of carbonyl (C=O) groups is 1. The van der Waals surface area contributed by atoms with Crippen molar-refractivity contribution in [3.8, 4) is 0 Å². The van der Waals surface area contributed by atoms with E-state index in [1.807, 2.05) is 0 Å². The van der Waals surface area contributed by atoms with Gasteiger partial charge in [-0.2, -0.15) is 4.99 Å². The third kappa shape index (κ3) is 1.03. The second-order valence-corrected chi connectivity index (χ2v) is 3.65. The molecule has 1 spiro atoms. The highest BCUT2D eigenvalue weighted by atomic mass is 16.2. The lowest BCUT2D eigenvalue weighted by Gasteiger charge is -2.38. The van der Waals surface area contributed by atoms with Crippen LogP contribution >= 0.6 is 0 Å². The molecule has 1 unspecified atom stereocenters. The first-order valence-corrected chi connectivity index (χ1v) is 4.50. The summed E-state index contributed by atoms with van der Waals surface area (Å²) in [6, 6.07) is -0.221. The first-order chi connectivity index (χ1) is 6.17. The van der Waals surface area contributed by atoms with E-state index in [4.69, 9.17) is 5.73 Å². The third-order valence-corrected chi connectivity index (χ3v) is 2.98. The molecule has 1 saturated heterocycles. The predicted octanol–water partition coefficient (Wildman–Crippen LogP) is -0.469. The van der Waals surface area contributed by atoms with Gasteiger partial charge in [-0.3, -0.25) is 0 Å². The number of hydrogen-bond donors (Lipinski definition) is 2. The Morgan fingerprint density at radius 2 is 2.46 bits per heavy atom. The molecule has 1 fully saturated rings. The molecule has 2 aliphatic rings. The molecule has 0 bridgehead atoms. The minimum absolute atomic E-state index is 0.221. The van der Waals surface area contributed by atoms with E-state index >= 15 is 0 Å². The van der Waals surface area contributed by atoms with Crippen LogP contribution < -0.4 is 11.1 Å². The van der Waals surface area contributed by atoms with Gasteiger partial charge in [0, 0.05) is 13.6 Å². The van der Waals surface area contributed by atoms with Crippen LogP contribution in [-0.4, -0.2) is 42.4 Å². The molecule has 0 saturated carbocycles. The normalized spacial score (nSPS) is 34.1. The SMILES string of the molecule is CN1C(=O)N=C(N)C12CCCNC2. The number of carbonyl (C=O) groups excluding carboxylic acids is 1. The van der Waals surface area contributed by atoms with Gasteiger partial charge in [0.25, 0.3) is 0 Å². The van der Waals surface area contributed by atoms with Crippen LogP contribution in [0.1, 0.15) is 12.8 Å².